The molecule has 0 spiro atoms. The van der Waals surface area contributed by atoms with E-state index in [1.54, 1.807) is 0 Å². The van der Waals surface area contributed by atoms with Crippen molar-refractivity contribution in [2.45, 2.75) is 31.3 Å². The van der Waals surface area contributed by atoms with Crippen LogP contribution < -0.4 is 11.5 Å². The lowest BCUT2D eigenvalue weighted by molar-refractivity contribution is 0.454. The zero-order valence-corrected chi connectivity index (χ0v) is 5.01. The van der Waals surface area contributed by atoms with Crippen LogP contribution in [0.1, 0.15) is 19.3 Å². The highest BCUT2D eigenvalue weighted by atomic mass is 14.7. The van der Waals surface area contributed by atoms with Gasteiger partial charge in [0.25, 0.3) is 0 Å². The molecule has 0 heterocycles. The van der Waals surface area contributed by atoms with E-state index in [9.17, 15) is 0 Å². The molecule has 1 rings (SSSR count). The molecule has 8 heavy (non-hydrogen) atoms. The monoisotopic (exact) mass is 113 g/mol. The van der Waals surface area contributed by atoms with E-state index in [1.165, 1.54) is 0 Å². The second-order valence-corrected chi connectivity index (χ2v) is 2.52. The van der Waals surface area contributed by atoms with Crippen molar-refractivity contribution in [3.8, 4) is 0 Å². The molecule has 2 heteroatoms. The molecule has 2 unspecified atom stereocenters. The minimum absolute atomic E-state index is 0.332. The molecule has 1 saturated carbocycles. The molecule has 1 aliphatic rings. The Kier molecular flexibility index (Phi) is 1.86. The van der Waals surface area contributed by atoms with Crippen molar-refractivity contribution in [1.82, 2.24) is 0 Å². The van der Waals surface area contributed by atoms with Crippen molar-refractivity contribution in [2.75, 3.05) is 0 Å². The summed E-state index contributed by atoms with van der Waals surface area (Å²) in [7, 11) is 0. The van der Waals surface area contributed by atoms with Crippen LogP contribution in [0.15, 0.2) is 0 Å². The van der Waals surface area contributed by atoms with Gasteiger partial charge in [0.2, 0.25) is 0 Å². The molecule has 0 aromatic carbocycles. The van der Waals surface area contributed by atoms with Crippen molar-refractivity contribution >= 4 is 0 Å². The SMILES string of the molecule is NC1C[CH]CC(N)C1. The summed E-state index contributed by atoms with van der Waals surface area (Å²) in [4.78, 5) is 0. The molecule has 2 nitrogen and oxygen atoms in total. The first-order chi connectivity index (χ1) is 3.79. The van der Waals surface area contributed by atoms with Crippen molar-refractivity contribution in [3.63, 3.8) is 0 Å². The van der Waals surface area contributed by atoms with Gasteiger partial charge in [0.1, 0.15) is 0 Å². The van der Waals surface area contributed by atoms with E-state index in [0.717, 1.165) is 19.3 Å². The van der Waals surface area contributed by atoms with Crippen molar-refractivity contribution < 1.29 is 0 Å². The highest BCUT2D eigenvalue weighted by Gasteiger charge is 2.14. The fourth-order valence-corrected chi connectivity index (χ4v) is 1.11. The van der Waals surface area contributed by atoms with E-state index in [0.29, 0.717) is 12.1 Å². The first-order valence-electron chi connectivity index (χ1n) is 3.12. The van der Waals surface area contributed by atoms with Gasteiger partial charge in [0.15, 0.2) is 0 Å². The van der Waals surface area contributed by atoms with Crippen LogP contribution in [0.4, 0.5) is 0 Å². The van der Waals surface area contributed by atoms with Crippen LogP contribution in [-0.2, 0) is 0 Å². The molecule has 0 saturated heterocycles. The molecule has 4 N–H and O–H groups in total. The van der Waals surface area contributed by atoms with E-state index in [4.69, 9.17) is 11.5 Å². The third kappa shape index (κ3) is 1.46. The Labute approximate surface area is 50.2 Å². The summed E-state index contributed by atoms with van der Waals surface area (Å²) in [5.41, 5.74) is 11.2. The lowest BCUT2D eigenvalue weighted by Gasteiger charge is -2.22. The summed E-state index contributed by atoms with van der Waals surface area (Å²) in [6, 6.07) is 0.664. The van der Waals surface area contributed by atoms with Crippen molar-refractivity contribution in [1.29, 1.82) is 0 Å². The largest absolute Gasteiger partial charge is 0.328 e. The predicted octanol–water partition coefficient (Wildman–Crippen LogP) is 0.0292. The standard InChI is InChI=1S/C6H13N2/c7-5-2-1-3-6(8)4-5/h1,5-6H,2-4,7-8H2. The normalized spacial score (nSPS) is 39.8. The molecule has 2 atom stereocenters. The minimum Gasteiger partial charge on any atom is -0.328 e. The Morgan fingerprint density at radius 2 is 1.62 bits per heavy atom. The highest BCUT2D eigenvalue weighted by molar-refractivity contribution is 4.86. The van der Waals surface area contributed by atoms with Crippen LogP contribution in [0, 0.1) is 6.42 Å². The van der Waals surface area contributed by atoms with Gasteiger partial charge < -0.3 is 11.5 Å². The van der Waals surface area contributed by atoms with Gasteiger partial charge in [-0.15, -0.1) is 0 Å². The van der Waals surface area contributed by atoms with Crippen LogP contribution in [0.25, 0.3) is 0 Å². The molecule has 0 amide bonds. The molecule has 1 radical (unpaired) electrons. The Morgan fingerprint density at radius 1 is 1.12 bits per heavy atom. The van der Waals surface area contributed by atoms with Crippen LogP contribution in [0.5, 0.6) is 0 Å². The van der Waals surface area contributed by atoms with Gasteiger partial charge in [0, 0.05) is 12.1 Å². The smallest absolute Gasteiger partial charge is 0.00563 e. The average Bonchev–Trinajstić information content (AvgIpc) is 1.64. The number of nitrogens with two attached hydrogens (primary N) is 2. The van der Waals surface area contributed by atoms with E-state index >= 15 is 0 Å². The van der Waals surface area contributed by atoms with Gasteiger partial charge >= 0.3 is 0 Å². The summed E-state index contributed by atoms with van der Waals surface area (Å²) < 4.78 is 0. The Bertz CT molecular complexity index is 64.9. The van der Waals surface area contributed by atoms with Gasteiger partial charge in [-0.2, -0.15) is 0 Å². The van der Waals surface area contributed by atoms with Crippen molar-refractivity contribution in [2.24, 2.45) is 11.5 Å². The molecule has 0 aliphatic heterocycles. The first kappa shape index (κ1) is 6.05. The molecular weight excluding hydrogens is 100 g/mol. The molecular formula is C6H13N2. The van der Waals surface area contributed by atoms with Crippen LogP contribution in [-0.4, -0.2) is 12.1 Å². The van der Waals surface area contributed by atoms with E-state index < -0.39 is 0 Å². The molecule has 0 bridgehead atoms. The van der Waals surface area contributed by atoms with Gasteiger partial charge in [-0.3, -0.25) is 0 Å². The lowest BCUT2D eigenvalue weighted by atomic mass is 9.92. The third-order valence-electron chi connectivity index (χ3n) is 1.54. The topological polar surface area (TPSA) is 52.0 Å². The molecule has 1 aliphatic carbocycles. The van der Waals surface area contributed by atoms with Gasteiger partial charge in [-0.05, 0) is 25.7 Å². The Morgan fingerprint density at radius 3 is 1.88 bits per heavy atom. The van der Waals surface area contributed by atoms with E-state index in [-0.39, 0.29) is 0 Å². The van der Waals surface area contributed by atoms with Crippen LogP contribution in [0.2, 0.25) is 0 Å². The molecule has 0 aromatic heterocycles. The Balaban J connectivity index is 2.23. The Hall–Kier alpha value is -0.0800. The summed E-state index contributed by atoms with van der Waals surface area (Å²) in [5.74, 6) is 0. The third-order valence-corrected chi connectivity index (χ3v) is 1.54. The number of hydrogen-bond donors (Lipinski definition) is 2. The highest BCUT2D eigenvalue weighted by Crippen LogP contribution is 2.13. The summed E-state index contributed by atoms with van der Waals surface area (Å²) in [6.07, 6.45) is 5.27. The molecule has 1 fully saturated rings. The fourth-order valence-electron chi connectivity index (χ4n) is 1.11. The zero-order chi connectivity index (χ0) is 5.98. The van der Waals surface area contributed by atoms with Crippen molar-refractivity contribution in [3.05, 3.63) is 6.42 Å². The maximum atomic E-state index is 5.61. The maximum Gasteiger partial charge on any atom is 0.00563 e. The quantitative estimate of drug-likeness (QED) is 0.465. The van der Waals surface area contributed by atoms with Crippen LogP contribution in [0.3, 0.4) is 0 Å². The van der Waals surface area contributed by atoms with Gasteiger partial charge in [0.05, 0.1) is 0 Å². The lowest BCUT2D eigenvalue weighted by Crippen LogP contribution is -2.35. The number of hydrogen-bond acceptors (Lipinski definition) is 2. The molecule has 0 aromatic rings. The second kappa shape index (κ2) is 2.46. The minimum atomic E-state index is 0.332. The summed E-state index contributed by atoms with van der Waals surface area (Å²) in [6.45, 7) is 0. The maximum absolute atomic E-state index is 5.61. The first-order valence-corrected chi connectivity index (χ1v) is 3.12. The van der Waals surface area contributed by atoms with Crippen LogP contribution >= 0.6 is 0 Å². The van der Waals surface area contributed by atoms with E-state index in [2.05, 4.69) is 6.42 Å². The average molecular weight is 113 g/mol. The fraction of sp³-hybridized carbons (Fsp3) is 0.833. The zero-order valence-electron chi connectivity index (χ0n) is 5.01. The summed E-state index contributed by atoms with van der Waals surface area (Å²) in [5, 5.41) is 0. The van der Waals surface area contributed by atoms with Gasteiger partial charge in [-0.1, -0.05) is 0 Å². The number of rotatable bonds is 0. The predicted molar refractivity (Wildman–Crippen MR) is 34.1 cm³/mol. The second-order valence-electron chi connectivity index (χ2n) is 2.52. The van der Waals surface area contributed by atoms with Gasteiger partial charge in [-0.25, -0.2) is 0 Å². The van der Waals surface area contributed by atoms with E-state index in [1.807, 2.05) is 0 Å². The molecule has 47 valence electrons. The summed E-state index contributed by atoms with van der Waals surface area (Å²) >= 11 is 0.